The van der Waals surface area contributed by atoms with E-state index < -0.39 is 10.0 Å². The largest absolute Gasteiger partial charge is 0.497 e. The molecule has 0 aliphatic carbocycles. The third-order valence-corrected chi connectivity index (χ3v) is 5.45. The Hall–Kier alpha value is -2.65. The van der Waals surface area contributed by atoms with Crippen molar-refractivity contribution >= 4 is 21.7 Å². The smallest absolute Gasteiger partial charge is 0.263 e. The second kappa shape index (κ2) is 8.36. The van der Waals surface area contributed by atoms with Gasteiger partial charge < -0.3 is 14.4 Å². The van der Waals surface area contributed by atoms with Gasteiger partial charge >= 0.3 is 0 Å². The number of hydrogen-bond acceptors (Lipinski definition) is 6. The second-order valence-corrected chi connectivity index (χ2v) is 7.65. The van der Waals surface area contributed by atoms with E-state index in [1.807, 2.05) is 0 Å². The lowest BCUT2D eigenvalue weighted by Crippen LogP contribution is -2.41. The van der Waals surface area contributed by atoms with Crippen LogP contribution in [0.15, 0.2) is 47.4 Å². The van der Waals surface area contributed by atoms with E-state index in [1.54, 1.807) is 35.2 Å². The van der Waals surface area contributed by atoms with Crippen LogP contribution in [0, 0.1) is 0 Å². The highest BCUT2D eigenvalue weighted by atomic mass is 32.2. The average molecular weight is 391 g/mol. The number of morpholine rings is 1. The average Bonchev–Trinajstić information content (AvgIpc) is 2.68. The first-order valence-electron chi connectivity index (χ1n) is 8.46. The van der Waals surface area contributed by atoms with Crippen LogP contribution >= 0.6 is 0 Å². The first-order chi connectivity index (χ1) is 13.0. The van der Waals surface area contributed by atoms with Crippen molar-refractivity contribution in [2.75, 3.05) is 38.1 Å². The first kappa shape index (κ1) is 19.1. The summed E-state index contributed by atoms with van der Waals surface area (Å²) in [5.74, 6) is 0.541. The van der Waals surface area contributed by atoms with Crippen molar-refractivity contribution in [3.63, 3.8) is 0 Å². The van der Waals surface area contributed by atoms with Gasteiger partial charge in [-0.25, -0.2) is 13.4 Å². The maximum absolute atomic E-state index is 12.6. The molecule has 1 N–H and O–H groups in total. The fourth-order valence-electron chi connectivity index (χ4n) is 2.68. The van der Waals surface area contributed by atoms with Crippen molar-refractivity contribution < 1.29 is 22.7 Å². The molecule has 0 radical (unpaired) electrons. The van der Waals surface area contributed by atoms with E-state index in [0.717, 1.165) is 0 Å². The molecule has 8 nitrogen and oxygen atoms in total. The van der Waals surface area contributed by atoms with Gasteiger partial charge in [-0.15, -0.1) is 0 Å². The third-order valence-electron chi connectivity index (χ3n) is 4.09. The van der Waals surface area contributed by atoms with Crippen molar-refractivity contribution in [2.24, 2.45) is 0 Å². The molecule has 1 aliphatic rings. The molecule has 0 atom stereocenters. The maximum atomic E-state index is 12.6. The Labute approximate surface area is 158 Å². The molecule has 1 aromatic heterocycles. The number of hydrogen-bond donors (Lipinski definition) is 1. The Balaban J connectivity index is 1.72. The number of sulfonamides is 1. The highest BCUT2D eigenvalue weighted by Crippen LogP contribution is 2.19. The number of rotatable bonds is 6. The number of anilines is 1. The van der Waals surface area contributed by atoms with Crippen LogP contribution in [-0.2, 0) is 26.0 Å². The summed E-state index contributed by atoms with van der Waals surface area (Å²) in [7, 11) is -2.35. The molecule has 1 amide bonds. The van der Waals surface area contributed by atoms with Crippen LogP contribution in [0.25, 0.3) is 0 Å². The van der Waals surface area contributed by atoms with Crippen LogP contribution in [0.4, 0.5) is 5.82 Å². The molecule has 144 valence electrons. The number of nitrogens with zero attached hydrogens (tertiary/aromatic N) is 2. The highest BCUT2D eigenvalue weighted by molar-refractivity contribution is 7.92. The number of nitrogens with one attached hydrogen (secondary N) is 1. The summed E-state index contributed by atoms with van der Waals surface area (Å²) in [5, 5.41) is 0. The first-order valence-corrected chi connectivity index (χ1v) is 9.94. The number of benzene rings is 1. The predicted octanol–water partition coefficient (Wildman–Crippen LogP) is 1.29. The Bertz CT molecular complexity index is 911. The summed E-state index contributed by atoms with van der Waals surface area (Å²) in [6.45, 7) is 2.17. The molecule has 0 saturated carbocycles. The fraction of sp³-hybridized carbons (Fsp3) is 0.333. The zero-order chi connectivity index (χ0) is 19.3. The van der Waals surface area contributed by atoms with E-state index >= 15 is 0 Å². The SMILES string of the molecule is COc1cccc(S(=O)(=O)Nc2cccc(CC(=O)N3CCOCC3)n2)c1. The zero-order valence-corrected chi connectivity index (χ0v) is 15.7. The van der Waals surface area contributed by atoms with Crippen LogP contribution in [-0.4, -0.2) is 57.6 Å². The molecule has 1 aromatic carbocycles. The minimum Gasteiger partial charge on any atom is -0.497 e. The minimum absolute atomic E-state index is 0.0568. The van der Waals surface area contributed by atoms with Gasteiger partial charge in [0.2, 0.25) is 5.91 Å². The van der Waals surface area contributed by atoms with E-state index in [0.29, 0.717) is 37.7 Å². The number of methoxy groups -OCH3 is 1. The van der Waals surface area contributed by atoms with Gasteiger partial charge in [-0.05, 0) is 24.3 Å². The van der Waals surface area contributed by atoms with Gasteiger partial charge in [0.25, 0.3) is 10.0 Å². The lowest BCUT2D eigenvalue weighted by Gasteiger charge is -2.26. The van der Waals surface area contributed by atoms with Crippen molar-refractivity contribution in [1.29, 1.82) is 0 Å². The van der Waals surface area contributed by atoms with Crippen LogP contribution in [0.1, 0.15) is 5.69 Å². The summed E-state index contributed by atoms with van der Waals surface area (Å²) in [6, 6.07) is 11.1. The van der Waals surface area contributed by atoms with Gasteiger partial charge in [0.05, 0.1) is 37.3 Å². The lowest BCUT2D eigenvalue weighted by molar-refractivity contribution is -0.134. The van der Waals surface area contributed by atoms with Gasteiger partial charge in [-0.3, -0.25) is 9.52 Å². The van der Waals surface area contributed by atoms with E-state index in [-0.39, 0.29) is 23.0 Å². The Morgan fingerprint density at radius 3 is 2.70 bits per heavy atom. The predicted molar refractivity (Wildman–Crippen MR) is 99.1 cm³/mol. The van der Waals surface area contributed by atoms with Gasteiger partial charge in [-0.1, -0.05) is 12.1 Å². The number of aromatic nitrogens is 1. The number of ether oxygens (including phenoxy) is 2. The summed E-state index contributed by atoms with van der Waals surface area (Å²) < 4.78 is 37.8. The Morgan fingerprint density at radius 2 is 1.96 bits per heavy atom. The molecular formula is C18H21N3O5S. The summed E-state index contributed by atoms with van der Waals surface area (Å²) >= 11 is 0. The molecule has 2 heterocycles. The molecule has 1 fully saturated rings. The van der Waals surface area contributed by atoms with Gasteiger partial charge in [0.1, 0.15) is 11.6 Å². The maximum Gasteiger partial charge on any atom is 0.263 e. The number of carbonyl (C=O) groups excluding carboxylic acids is 1. The van der Waals surface area contributed by atoms with E-state index in [1.165, 1.54) is 19.2 Å². The minimum atomic E-state index is -3.82. The molecule has 1 saturated heterocycles. The van der Waals surface area contributed by atoms with Crippen molar-refractivity contribution in [2.45, 2.75) is 11.3 Å². The standard InChI is InChI=1S/C18H21N3O5S/c1-25-15-5-3-6-16(13-15)27(23,24)20-17-7-2-4-14(19-17)12-18(22)21-8-10-26-11-9-21/h2-7,13H,8-12H2,1H3,(H,19,20). The van der Waals surface area contributed by atoms with E-state index in [9.17, 15) is 13.2 Å². The van der Waals surface area contributed by atoms with Gasteiger partial charge in [-0.2, -0.15) is 0 Å². The number of carbonyl (C=O) groups is 1. The molecule has 9 heteroatoms. The molecule has 0 bridgehead atoms. The summed E-state index contributed by atoms with van der Waals surface area (Å²) in [5.41, 5.74) is 0.498. The fourth-order valence-corrected chi connectivity index (χ4v) is 3.72. The topological polar surface area (TPSA) is 97.8 Å². The summed E-state index contributed by atoms with van der Waals surface area (Å²) in [6.07, 6.45) is 0.106. The monoisotopic (exact) mass is 391 g/mol. The molecular weight excluding hydrogens is 370 g/mol. The third kappa shape index (κ3) is 4.95. The van der Waals surface area contributed by atoms with E-state index in [2.05, 4.69) is 9.71 Å². The molecule has 0 spiro atoms. The highest BCUT2D eigenvalue weighted by Gasteiger charge is 2.19. The Kier molecular flexibility index (Phi) is 5.92. The number of amides is 1. The second-order valence-electron chi connectivity index (χ2n) is 5.97. The van der Waals surface area contributed by atoms with Gasteiger partial charge in [0.15, 0.2) is 0 Å². The van der Waals surface area contributed by atoms with Crippen molar-refractivity contribution in [3.8, 4) is 5.75 Å². The van der Waals surface area contributed by atoms with Crippen LogP contribution in [0.2, 0.25) is 0 Å². The molecule has 2 aromatic rings. The van der Waals surface area contributed by atoms with Crippen LogP contribution in [0.5, 0.6) is 5.75 Å². The number of pyridine rings is 1. The van der Waals surface area contributed by atoms with E-state index in [4.69, 9.17) is 9.47 Å². The van der Waals surface area contributed by atoms with Crippen LogP contribution < -0.4 is 9.46 Å². The molecule has 3 rings (SSSR count). The molecule has 0 unspecified atom stereocenters. The summed E-state index contributed by atoms with van der Waals surface area (Å²) in [4.78, 5) is 18.4. The zero-order valence-electron chi connectivity index (χ0n) is 14.9. The lowest BCUT2D eigenvalue weighted by atomic mass is 10.2. The van der Waals surface area contributed by atoms with Crippen LogP contribution in [0.3, 0.4) is 0 Å². The molecule has 1 aliphatic heterocycles. The quantitative estimate of drug-likeness (QED) is 0.797. The normalized spacial score (nSPS) is 14.6. The Morgan fingerprint density at radius 1 is 1.22 bits per heavy atom. The molecule has 27 heavy (non-hydrogen) atoms. The van der Waals surface area contributed by atoms with Crippen molar-refractivity contribution in [1.82, 2.24) is 9.88 Å². The van der Waals surface area contributed by atoms with Gasteiger partial charge in [0, 0.05) is 19.2 Å². The van der Waals surface area contributed by atoms with Crippen molar-refractivity contribution in [3.05, 3.63) is 48.2 Å².